The van der Waals surface area contributed by atoms with Crippen LogP contribution in [0.1, 0.15) is 44.1 Å². The summed E-state index contributed by atoms with van der Waals surface area (Å²) >= 11 is -0.920. The van der Waals surface area contributed by atoms with Crippen LogP contribution in [0.5, 0.6) is 0 Å². The fraction of sp³-hybridized carbons (Fsp3) is 0.500. The lowest BCUT2D eigenvalue weighted by molar-refractivity contribution is 0.540. The number of hydrogen-bond donors (Lipinski definition) is 3. The summed E-state index contributed by atoms with van der Waals surface area (Å²) in [5, 5.41) is 16.4. The fourth-order valence-corrected chi connectivity index (χ4v) is 2.90. The molecule has 11 nitrogen and oxygen atoms in total. The van der Waals surface area contributed by atoms with Crippen molar-refractivity contribution in [3.63, 3.8) is 0 Å². The van der Waals surface area contributed by atoms with Gasteiger partial charge in [-0.15, -0.1) is 15.3 Å². The van der Waals surface area contributed by atoms with Gasteiger partial charge in [-0.1, -0.05) is 20.8 Å². The highest BCUT2D eigenvalue weighted by atomic mass is 32.2. The summed E-state index contributed by atoms with van der Waals surface area (Å²) in [5.74, 6) is 0.554. The number of azo groups is 1. The van der Waals surface area contributed by atoms with Crippen LogP contribution in [-0.4, -0.2) is 44.5 Å². The van der Waals surface area contributed by atoms with E-state index in [0.717, 1.165) is 17.2 Å². The number of H-pyrrole nitrogens is 1. The average Bonchev–Trinajstić information content (AvgIpc) is 3.26. The number of rotatable bonds is 7. The molecule has 0 fully saturated rings. The summed E-state index contributed by atoms with van der Waals surface area (Å²) in [5.41, 5.74) is 2.00. The van der Waals surface area contributed by atoms with E-state index in [0.29, 0.717) is 22.3 Å². The Hall–Kier alpha value is -2.09. The van der Waals surface area contributed by atoms with Crippen molar-refractivity contribution in [2.24, 2.45) is 10.2 Å². The van der Waals surface area contributed by atoms with Crippen LogP contribution < -0.4 is 4.72 Å². The van der Waals surface area contributed by atoms with Gasteiger partial charge in [0.25, 0.3) is 0 Å². The van der Waals surface area contributed by atoms with E-state index in [1.54, 1.807) is 4.63 Å². The number of fused-ring (bicyclic) bond motifs is 1. The highest BCUT2D eigenvalue weighted by Gasteiger charge is 2.21. The Morgan fingerprint density at radius 2 is 2.24 bits per heavy atom. The van der Waals surface area contributed by atoms with Crippen molar-refractivity contribution in [2.75, 3.05) is 6.54 Å². The van der Waals surface area contributed by atoms with E-state index in [2.05, 4.69) is 39.5 Å². The molecule has 3 aromatic heterocycles. The van der Waals surface area contributed by atoms with E-state index in [1.807, 2.05) is 20.8 Å². The van der Waals surface area contributed by atoms with Crippen molar-refractivity contribution in [3.8, 4) is 0 Å². The lowest BCUT2D eigenvalue weighted by atomic mass is 10.1. The largest absolute Gasteiger partial charge is 0.294 e. The molecule has 25 heavy (non-hydrogen) atoms. The smallest absolute Gasteiger partial charge is 0.249 e. The van der Waals surface area contributed by atoms with E-state index >= 15 is 0 Å². The molecule has 0 radical (unpaired) electrons. The molecule has 0 aliphatic heterocycles. The van der Waals surface area contributed by atoms with Crippen molar-refractivity contribution >= 4 is 39.3 Å². The van der Waals surface area contributed by atoms with Crippen molar-refractivity contribution in [1.82, 2.24) is 33.9 Å². The molecule has 0 aliphatic rings. The van der Waals surface area contributed by atoms with Crippen molar-refractivity contribution in [3.05, 3.63) is 17.8 Å². The van der Waals surface area contributed by atoms with Crippen molar-refractivity contribution in [2.45, 2.75) is 32.6 Å². The van der Waals surface area contributed by atoms with Gasteiger partial charge in [0.1, 0.15) is 6.33 Å². The molecule has 13 heteroatoms. The molecule has 0 aliphatic carbocycles. The highest BCUT2D eigenvalue weighted by Crippen LogP contribution is 2.32. The quantitative estimate of drug-likeness (QED) is 0.421. The van der Waals surface area contributed by atoms with E-state index in [9.17, 15) is 4.21 Å². The van der Waals surface area contributed by atoms with Gasteiger partial charge in [0.2, 0.25) is 22.0 Å². The number of hydrogen-bond acceptors (Lipinski definition) is 8. The first-order chi connectivity index (χ1) is 12.0. The van der Waals surface area contributed by atoms with Crippen LogP contribution in [-0.2, 0) is 11.3 Å². The molecule has 0 saturated heterocycles. The van der Waals surface area contributed by atoms with Crippen LogP contribution in [0.15, 0.2) is 16.6 Å². The third-order valence-corrected chi connectivity index (χ3v) is 4.40. The van der Waals surface area contributed by atoms with Gasteiger partial charge in [-0.25, -0.2) is 18.9 Å². The molecule has 134 valence electrons. The van der Waals surface area contributed by atoms with Gasteiger partial charge in [-0.05, 0) is 5.92 Å². The Morgan fingerprint density at radius 1 is 1.44 bits per heavy atom. The maximum absolute atomic E-state index is 10.7. The predicted octanol–water partition coefficient (Wildman–Crippen LogP) is 2.28. The third-order valence-electron chi connectivity index (χ3n) is 3.43. The lowest BCUT2D eigenvalue weighted by Gasteiger charge is -2.06. The van der Waals surface area contributed by atoms with Gasteiger partial charge < -0.3 is 0 Å². The Labute approximate surface area is 149 Å². The minimum absolute atomic E-state index is 0.153. The zero-order chi connectivity index (χ0) is 18.0. The van der Waals surface area contributed by atoms with E-state index in [4.69, 9.17) is 4.55 Å². The molecule has 2 atom stereocenters. The zero-order valence-electron chi connectivity index (χ0n) is 13.7. The fourth-order valence-electron chi connectivity index (χ4n) is 2.15. The highest BCUT2D eigenvalue weighted by molar-refractivity contribution is 7.77. The molecule has 3 N–H and O–H groups in total. The third kappa shape index (κ3) is 3.95. The summed E-state index contributed by atoms with van der Waals surface area (Å²) in [6, 6.07) is 0. The Bertz CT molecular complexity index is 899. The minimum atomic E-state index is -2.07. The SMILES string of the molecule is CC(C)c1[nH]n2nc(C(C)CNS(=O)O)nc2c1N=Nc1ncns1. The second kappa shape index (κ2) is 7.43. The van der Waals surface area contributed by atoms with Gasteiger partial charge in [0.15, 0.2) is 11.5 Å². The van der Waals surface area contributed by atoms with E-state index < -0.39 is 11.3 Å². The Balaban J connectivity index is 1.95. The number of nitrogens with zero attached hydrogens (tertiary/aromatic N) is 7. The molecule has 3 aromatic rings. The van der Waals surface area contributed by atoms with Crippen molar-refractivity contribution in [1.29, 1.82) is 0 Å². The zero-order valence-corrected chi connectivity index (χ0v) is 15.4. The second-order valence-electron chi connectivity index (χ2n) is 5.66. The number of aromatic amines is 1. The summed E-state index contributed by atoms with van der Waals surface area (Å²) in [7, 11) is 0. The lowest BCUT2D eigenvalue weighted by Crippen LogP contribution is -2.22. The molecule has 0 aromatic carbocycles. The maximum atomic E-state index is 10.7. The normalized spacial score (nSPS) is 14.8. The first-order valence-corrected chi connectivity index (χ1v) is 9.35. The average molecular weight is 383 g/mol. The molecular weight excluding hydrogens is 366 g/mol. The summed E-state index contributed by atoms with van der Waals surface area (Å²) in [4.78, 5) is 8.48. The molecule has 0 saturated carbocycles. The minimum Gasteiger partial charge on any atom is -0.294 e. The van der Waals surface area contributed by atoms with Gasteiger partial charge in [-0.3, -0.25) is 9.65 Å². The molecule has 2 unspecified atom stereocenters. The van der Waals surface area contributed by atoms with Gasteiger partial charge in [0.05, 0.1) is 5.69 Å². The Morgan fingerprint density at radius 3 is 2.88 bits per heavy atom. The van der Waals surface area contributed by atoms with Crippen LogP contribution >= 0.6 is 11.5 Å². The summed E-state index contributed by atoms with van der Waals surface area (Å²) < 4.78 is 27.4. The van der Waals surface area contributed by atoms with E-state index in [-0.39, 0.29) is 18.4 Å². The van der Waals surface area contributed by atoms with Gasteiger partial charge in [-0.2, -0.15) is 9.00 Å². The van der Waals surface area contributed by atoms with Crippen LogP contribution in [0.3, 0.4) is 0 Å². The van der Waals surface area contributed by atoms with Gasteiger partial charge in [0, 0.05) is 24.0 Å². The molecule has 0 spiro atoms. The number of nitrogens with one attached hydrogen (secondary N) is 2. The first kappa shape index (κ1) is 17.7. The first-order valence-electron chi connectivity index (χ1n) is 7.47. The molecule has 3 heterocycles. The summed E-state index contributed by atoms with van der Waals surface area (Å²) in [6.07, 6.45) is 1.42. The van der Waals surface area contributed by atoms with E-state index in [1.165, 1.54) is 6.33 Å². The Kier molecular flexibility index (Phi) is 5.27. The summed E-state index contributed by atoms with van der Waals surface area (Å²) in [6.45, 7) is 6.19. The van der Waals surface area contributed by atoms with Gasteiger partial charge >= 0.3 is 0 Å². The van der Waals surface area contributed by atoms with Crippen LogP contribution in [0.2, 0.25) is 0 Å². The van der Waals surface area contributed by atoms with Crippen LogP contribution in [0.4, 0.5) is 10.8 Å². The maximum Gasteiger partial charge on any atom is 0.249 e. The number of aromatic nitrogens is 6. The molecule has 0 bridgehead atoms. The van der Waals surface area contributed by atoms with Crippen molar-refractivity contribution < 1.29 is 8.76 Å². The predicted molar refractivity (Wildman–Crippen MR) is 92.7 cm³/mol. The van der Waals surface area contributed by atoms with Crippen LogP contribution in [0, 0.1) is 0 Å². The molecular formula is C12H17N9O2S2. The monoisotopic (exact) mass is 383 g/mol. The molecule has 3 rings (SSSR count). The topological polar surface area (TPSA) is 146 Å². The standard InChI is InChI=1S/C12H17N9O2S2/c1-6(2)8-9(17-18-12-13-5-14-24-12)11-16-10(20-21(11)19-8)7(3)4-15-25(22)23/h5-7,15,19H,4H2,1-3H3,(H,22,23). The second-order valence-corrected chi connectivity index (χ2v) is 7.20. The van der Waals surface area contributed by atoms with Crippen LogP contribution in [0.25, 0.3) is 5.65 Å². The molecule has 0 amide bonds.